The summed E-state index contributed by atoms with van der Waals surface area (Å²) in [6.45, 7) is 0. The van der Waals surface area contributed by atoms with E-state index in [0.717, 1.165) is 0 Å². The van der Waals surface area contributed by atoms with E-state index >= 15 is 0 Å². The van der Waals surface area contributed by atoms with Gasteiger partial charge in [0.25, 0.3) is 0 Å². The number of halogens is 6. The van der Waals surface area contributed by atoms with Crippen LogP contribution in [0, 0.1) is 5.41 Å². The van der Waals surface area contributed by atoms with Crippen LogP contribution >= 0.6 is 34.8 Å². The molecule has 0 rings (SSSR count). The molecule has 0 aromatic carbocycles. The molecule has 0 saturated carbocycles. The Kier molecular flexibility index (Phi) is 5.04. The molecule has 6 heteroatoms. The van der Waals surface area contributed by atoms with Crippen LogP contribution in [0.1, 0.15) is 6.42 Å². The van der Waals surface area contributed by atoms with Crippen LogP contribution in [-0.2, 0) is 0 Å². The van der Waals surface area contributed by atoms with Crippen molar-refractivity contribution in [2.45, 2.75) is 12.6 Å². The zero-order valence-corrected chi connectivity index (χ0v) is 8.36. The van der Waals surface area contributed by atoms with Crippen LogP contribution in [-0.4, -0.2) is 23.8 Å². The van der Waals surface area contributed by atoms with Gasteiger partial charge in [-0.05, 0) is 0 Å². The van der Waals surface area contributed by atoms with Gasteiger partial charge in [0.1, 0.15) is 0 Å². The maximum absolute atomic E-state index is 11.9. The van der Waals surface area contributed by atoms with Gasteiger partial charge in [-0.15, -0.1) is 34.8 Å². The Hall–Kier alpha value is 0.660. The molecule has 0 spiro atoms. The Morgan fingerprint density at radius 1 is 0.833 bits per heavy atom. The molecule has 0 aliphatic rings. The molecule has 0 bridgehead atoms. The standard InChI is InChI=1S/C6H8Cl3F3/c7-2-5(3-8,4-9)1-6(10,11)12/h1-4H2. The van der Waals surface area contributed by atoms with Crippen LogP contribution in [0.2, 0.25) is 0 Å². The molecule has 74 valence electrons. The average molecular weight is 243 g/mol. The van der Waals surface area contributed by atoms with Crippen LogP contribution in [0.25, 0.3) is 0 Å². The fraction of sp³-hybridized carbons (Fsp3) is 1.00. The van der Waals surface area contributed by atoms with Gasteiger partial charge in [-0.2, -0.15) is 13.2 Å². The van der Waals surface area contributed by atoms with E-state index in [-0.39, 0.29) is 17.6 Å². The highest BCUT2D eigenvalue weighted by Gasteiger charge is 2.41. The van der Waals surface area contributed by atoms with Gasteiger partial charge in [-0.3, -0.25) is 0 Å². The van der Waals surface area contributed by atoms with E-state index in [1.165, 1.54) is 0 Å². The van der Waals surface area contributed by atoms with Crippen molar-refractivity contribution in [3.05, 3.63) is 0 Å². The highest BCUT2D eigenvalue weighted by Crippen LogP contribution is 2.36. The van der Waals surface area contributed by atoms with Crippen molar-refractivity contribution in [3.8, 4) is 0 Å². The second kappa shape index (κ2) is 4.77. The van der Waals surface area contributed by atoms with Crippen molar-refractivity contribution >= 4 is 34.8 Å². The third-order valence-electron chi connectivity index (χ3n) is 1.43. The highest BCUT2D eigenvalue weighted by atomic mass is 35.5. The zero-order valence-electron chi connectivity index (χ0n) is 6.10. The summed E-state index contributed by atoms with van der Waals surface area (Å²) in [7, 11) is 0. The predicted molar refractivity (Wildman–Crippen MR) is 45.3 cm³/mol. The summed E-state index contributed by atoms with van der Waals surface area (Å²) in [5, 5.41) is 0. The van der Waals surface area contributed by atoms with Gasteiger partial charge >= 0.3 is 6.18 Å². The Balaban J connectivity index is 4.30. The van der Waals surface area contributed by atoms with Crippen LogP contribution in [0.5, 0.6) is 0 Å². The van der Waals surface area contributed by atoms with Crippen molar-refractivity contribution in [1.29, 1.82) is 0 Å². The third-order valence-corrected chi connectivity index (χ3v) is 3.13. The molecular formula is C6H8Cl3F3. The third kappa shape index (κ3) is 4.06. The lowest BCUT2D eigenvalue weighted by molar-refractivity contribution is -0.151. The van der Waals surface area contributed by atoms with Gasteiger partial charge in [-0.25, -0.2) is 0 Å². The summed E-state index contributed by atoms with van der Waals surface area (Å²) in [5.41, 5.74) is -1.22. The first-order valence-corrected chi connectivity index (χ1v) is 4.74. The van der Waals surface area contributed by atoms with Crippen molar-refractivity contribution in [2.75, 3.05) is 17.6 Å². The maximum atomic E-state index is 11.9. The Labute approximate surface area is 84.0 Å². The molecule has 0 nitrogen and oxygen atoms in total. The van der Waals surface area contributed by atoms with Crippen LogP contribution in [0.15, 0.2) is 0 Å². The molecule has 0 saturated heterocycles. The summed E-state index contributed by atoms with van der Waals surface area (Å²) in [5.74, 6) is -0.543. The number of rotatable bonds is 4. The van der Waals surface area contributed by atoms with Gasteiger partial charge in [0, 0.05) is 23.1 Å². The summed E-state index contributed by atoms with van der Waals surface area (Å²) in [6, 6.07) is 0. The first-order valence-electron chi connectivity index (χ1n) is 3.14. The summed E-state index contributed by atoms with van der Waals surface area (Å²) in [6.07, 6.45) is -5.30. The fourth-order valence-corrected chi connectivity index (χ4v) is 1.81. The second-order valence-corrected chi connectivity index (χ2v) is 3.49. The maximum Gasteiger partial charge on any atom is 0.389 e. The topological polar surface area (TPSA) is 0 Å². The first kappa shape index (κ1) is 12.7. The summed E-state index contributed by atoms with van der Waals surface area (Å²) >= 11 is 16.1. The summed E-state index contributed by atoms with van der Waals surface area (Å²) < 4.78 is 35.8. The molecule has 0 N–H and O–H groups in total. The molecule has 0 aliphatic carbocycles. The SMILES string of the molecule is FC(F)(F)CC(CCl)(CCl)CCl. The second-order valence-electron chi connectivity index (χ2n) is 2.69. The smallest absolute Gasteiger partial charge is 0.171 e. The Morgan fingerprint density at radius 2 is 1.17 bits per heavy atom. The number of alkyl halides is 6. The lowest BCUT2D eigenvalue weighted by atomic mass is 9.91. The molecule has 0 radical (unpaired) electrons. The predicted octanol–water partition coefficient (Wildman–Crippen LogP) is 3.64. The minimum Gasteiger partial charge on any atom is -0.171 e. The van der Waals surface area contributed by atoms with E-state index in [4.69, 9.17) is 34.8 Å². The van der Waals surface area contributed by atoms with E-state index in [9.17, 15) is 13.2 Å². The molecular weight excluding hydrogens is 235 g/mol. The monoisotopic (exact) mass is 242 g/mol. The molecule has 0 heterocycles. The van der Waals surface area contributed by atoms with Gasteiger partial charge in [0.2, 0.25) is 0 Å². The number of hydrogen-bond donors (Lipinski definition) is 0. The molecule has 0 fully saturated rings. The zero-order chi connectivity index (χ0) is 9.83. The van der Waals surface area contributed by atoms with Crippen LogP contribution in [0.4, 0.5) is 13.2 Å². The molecule has 0 unspecified atom stereocenters. The van der Waals surface area contributed by atoms with Gasteiger partial charge in [-0.1, -0.05) is 0 Å². The molecule has 0 aliphatic heterocycles. The van der Waals surface area contributed by atoms with E-state index < -0.39 is 18.0 Å². The van der Waals surface area contributed by atoms with Crippen molar-refractivity contribution in [3.63, 3.8) is 0 Å². The van der Waals surface area contributed by atoms with Crippen molar-refractivity contribution in [1.82, 2.24) is 0 Å². The molecule has 0 aromatic rings. The van der Waals surface area contributed by atoms with Gasteiger partial charge < -0.3 is 0 Å². The average Bonchev–Trinajstić information content (AvgIpc) is 1.99. The lowest BCUT2D eigenvalue weighted by Crippen LogP contribution is -2.33. The minimum absolute atomic E-state index is 0.181. The van der Waals surface area contributed by atoms with E-state index in [1.807, 2.05) is 0 Å². The molecule has 0 atom stereocenters. The van der Waals surface area contributed by atoms with Crippen LogP contribution < -0.4 is 0 Å². The quantitative estimate of drug-likeness (QED) is 0.661. The van der Waals surface area contributed by atoms with Crippen LogP contribution in [0.3, 0.4) is 0 Å². The Morgan fingerprint density at radius 3 is 1.25 bits per heavy atom. The highest BCUT2D eigenvalue weighted by molar-refractivity contribution is 6.24. The molecule has 12 heavy (non-hydrogen) atoms. The van der Waals surface area contributed by atoms with E-state index in [0.29, 0.717) is 0 Å². The lowest BCUT2D eigenvalue weighted by Gasteiger charge is -2.27. The molecule has 0 amide bonds. The van der Waals surface area contributed by atoms with Gasteiger partial charge in [0.15, 0.2) is 0 Å². The fourth-order valence-electron chi connectivity index (χ4n) is 0.674. The first-order chi connectivity index (χ1) is 5.39. The normalized spacial score (nSPS) is 13.5. The van der Waals surface area contributed by atoms with Crippen molar-refractivity contribution in [2.24, 2.45) is 5.41 Å². The van der Waals surface area contributed by atoms with E-state index in [2.05, 4.69) is 0 Å². The van der Waals surface area contributed by atoms with Gasteiger partial charge in [0.05, 0.1) is 6.42 Å². The van der Waals surface area contributed by atoms with Crippen molar-refractivity contribution < 1.29 is 13.2 Å². The minimum atomic E-state index is -4.27. The molecule has 0 aromatic heterocycles. The largest absolute Gasteiger partial charge is 0.389 e. The Bertz CT molecular complexity index is 122. The number of hydrogen-bond acceptors (Lipinski definition) is 0. The van der Waals surface area contributed by atoms with E-state index in [1.54, 1.807) is 0 Å². The summed E-state index contributed by atoms with van der Waals surface area (Å²) in [4.78, 5) is 0.